The molecule has 0 aliphatic heterocycles. The van der Waals surface area contributed by atoms with Gasteiger partial charge in [-0.05, 0) is 18.2 Å². The van der Waals surface area contributed by atoms with E-state index in [0.29, 0.717) is 0 Å². The number of rotatable bonds is 3. The normalized spacial score (nSPS) is 11.1. The summed E-state index contributed by atoms with van der Waals surface area (Å²) >= 11 is 0. The molecular formula is C14H12N4. The Morgan fingerprint density at radius 2 is 1.67 bits per heavy atom. The Balaban J connectivity index is 1.80. The maximum absolute atomic E-state index is 4.17. The molecule has 88 valence electrons. The zero-order valence-electron chi connectivity index (χ0n) is 9.67. The van der Waals surface area contributed by atoms with Crippen LogP contribution < -0.4 is 5.43 Å². The summed E-state index contributed by atoms with van der Waals surface area (Å²) in [7, 11) is 0. The number of H-pyrrole nitrogens is 1. The topological polar surface area (TPSA) is 52.5 Å². The van der Waals surface area contributed by atoms with E-state index >= 15 is 0 Å². The molecule has 4 nitrogen and oxygen atoms in total. The van der Waals surface area contributed by atoms with Gasteiger partial charge in [0, 0.05) is 17.1 Å². The minimum Gasteiger partial charge on any atom is -0.359 e. The minimum absolute atomic E-state index is 0.828. The minimum atomic E-state index is 0.828. The van der Waals surface area contributed by atoms with Crippen molar-refractivity contribution in [2.45, 2.75) is 0 Å². The van der Waals surface area contributed by atoms with Crippen LogP contribution in [0, 0.1) is 0 Å². The fourth-order valence-electron chi connectivity index (χ4n) is 1.79. The molecule has 0 bridgehead atoms. The van der Waals surface area contributed by atoms with Gasteiger partial charge < -0.3 is 4.98 Å². The highest BCUT2D eigenvalue weighted by Crippen LogP contribution is 2.25. The highest BCUT2D eigenvalue weighted by Gasteiger charge is 2.00. The molecule has 0 amide bonds. The van der Waals surface area contributed by atoms with Crippen molar-refractivity contribution in [3.63, 3.8) is 0 Å². The van der Waals surface area contributed by atoms with Gasteiger partial charge in [0.05, 0.1) is 5.69 Å². The zero-order valence-corrected chi connectivity index (χ0v) is 9.67. The molecule has 3 rings (SSSR count). The van der Waals surface area contributed by atoms with Crippen LogP contribution in [0.1, 0.15) is 0 Å². The third kappa shape index (κ3) is 2.08. The molecule has 0 radical (unpaired) electrons. The summed E-state index contributed by atoms with van der Waals surface area (Å²) < 4.78 is 0. The van der Waals surface area contributed by atoms with Crippen molar-refractivity contribution in [3.8, 4) is 0 Å². The third-order valence-electron chi connectivity index (χ3n) is 2.68. The van der Waals surface area contributed by atoms with E-state index in [-0.39, 0.29) is 0 Å². The van der Waals surface area contributed by atoms with Crippen LogP contribution >= 0.6 is 0 Å². The lowest BCUT2D eigenvalue weighted by atomic mass is 10.2. The molecule has 0 saturated heterocycles. The fraction of sp³-hybridized carbons (Fsp3) is 0. The second-order valence-corrected chi connectivity index (χ2v) is 3.90. The van der Waals surface area contributed by atoms with Gasteiger partial charge in [-0.25, -0.2) is 0 Å². The SMILES string of the molecule is c1ccc(NN=Nc2c[nH]c3ccccc23)cc1. The molecule has 1 aromatic heterocycles. The molecule has 0 atom stereocenters. The van der Waals surface area contributed by atoms with Crippen molar-refractivity contribution in [1.29, 1.82) is 0 Å². The Bertz CT molecular complexity index is 670. The van der Waals surface area contributed by atoms with E-state index in [0.717, 1.165) is 22.3 Å². The van der Waals surface area contributed by atoms with Crippen molar-refractivity contribution in [3.05, 3.63) is 60.8 Å². The van der Waals surface area contributed by atoms with Crippen molar-refractivity contribution in [2.24, 2.45) is 10.3 Å². The van der Waals surface area contributed by atoms with Crippen molar-refractivity contribution < 1.29 is 0 Å². The molecule has 18 heavy (non-hydrogen) atoms. The number of anilines is 1. The second kappa shape index (κ2) is 4.71. The summed E-state index contributed by atoms with van der Waals surface area (Å²) in [6.07, 6.45) is 1.85. The maximum atomic E-state index is 4.17. The zero-order chi connectivity index (χ0) is 12.2. The van der Waals surface area contributed by atoms with Crippen LogP contribution in [-0.4, -0.2) is 4.98 Å². The number of aromatic amines is 1. The second-order valence-electron chi connectivity index (χ2n) is 3.90. The van der Waals surface area contributed by atoms with E-state index in [2.05, 4.69) is 20.7 Å². The number of aromatic nitrogens is 1. The molecule has 0 saturated carbocycles. The largest absolute Gasteiger partial charge is 0.359 e. The Morgan fingerprint density at radius 1 is 0.889 bits per heavy atom. The van der Waals surface area contributed by atoms with Gasteiger partial charge >= 0.3 is 0 Å². The quantitative estimate of drug-likeness (QED) is 0.517. The van der Waals surface area contributed by atoms with Gasteiger partial charge in [-0.2, -0.15) is 0 Å². The lowest BCUT2D eigenvalue weighted by Gasteiger charge is -1.96. The first-order valence-corrected chi connectivity index (χ1v) is 5.71. The third-order valence-corrected chi connectivity index (χ3v) is 2.68. The number of hydrogen-bond donors (Lipinski definition) is 2. The lowest BCUT2D eigenvalue weighted by molar-refractivity contribution is 1.13. The number of benzene rings is 2. The fourth-order valence-corrected chi connectivity index (χ4v) is 1.79. The molecule has 0 spiro atoms. The van der Waals surface area contributed by atoms with Crippen LogP contribution in [0.15, 0.2) is 71.1 Å². The predicted molar refractivity (Wildman–Crippen MR) is 72.9 cm³/mol. The van der Waals surface area contributed by atoms with Crippen LogP contribution in [0.25, 0.3) is 10.9 Å². The number of fused-ring (bicyclic) bond motifs is 1. The van der Waals surface area contributed by atoms with Gasteiger partial charge in [0.1, 0.15) is 5.69 Å². The van der Waals surface area contributed by atoms with E-state index in [9.17, 15) is 0 Å². The van der Waals surface area contributed by atoms with Crippen molar-refractivity contribution in [1.82, 2.24) is 4.98 Å². The molecule has 1 heterocycles. The molecule has 2 aromatic carbocycles. The number of hydrogen-bond acceptors (Lipinski definition) is 2. The van der Waals surface area contributed by atoms with Crippen molar-refractivity contribution in [2.75, 3.05) is 5.43 Å². The van der Waals surface area contributed by atoms with Gasteiger partial charge in [0.25, 0.3) is 0 Å². The molecule has 2 N–H and O–H groups in total. The van der Waals surface area contributed by atoms with E-state index < -0.39 is 0 Å². The van der Waals surface area contributed by atoms with Gasteiger partial charge in [0.2, 0.25) is 0 Å². The summed E-state index contributed by atoms with van der Waals surface area (Å²) in [4.78, 5) is 3.16. The van der Waals surface area contributed by atoms with E-state index in [1.807, 2.05) is 60.8 Å². The summed E-state index contributed by atoms with van der Waals surface area (Å²) in [5.41, 5.74) is 5.70. The van der Waals surface area contributed by atoms with Crippen LogP contribution in [0.4, 0.5) is 11.4 Å². The van der Waals surface area contributed by atoms with Crippen LogP contribution in [0.5, 0.6) is 0 Å². The number of para-hydroxylation sites is 2. The molecule has 3 aromatic rings. The first-order valence-electron chi connectivity index (χ1n) is 5.71. The summed E-state index contributed by atoms with van der Waals surface area (Å²) in [6, 6.07) is 17.7. The van der Waals surface area contributed by atoms with Crippen LogP contribution in [-0.2, 0) is 0 Å². The summed E-state index contributed by atoms with van der Waals surface area (Å²) in [5, 5.41) is 9.23. The molecular weight excluding hydrogens is 224 g/mol. The molecule has 0 aliphatic carbocycles. The molecule has 0 unspecified atom stereocenters. The lowest BCUT2D eigenvalue weighted by Crippen LogP contribution is -1.84. The first-order chi connectivity index (χ1) is 8.93. The highest BCUT2D eigenvalue weighted by atomic mass is 15.4. The monoisotopic (exact) mass is 236 g/mol. The van der Waals surface area contributed by atoms with Gasteiger partial charge in [-0.15, -0.1) is 5.11 Å². The van der Waals surface area contributed by atoms with E-state index in [4.69, 9.17) is 0 Å². The molecule has 0 aliphatic rings. The average molecular weight is 236 g/mol. The predicted octanol–water partition coefficient (Wildman–Crippen LogP) is 4.28. The Morgan fingerprint density at radius 3 is 2.56 bits per heavy atom. The Kier molecular flexibility index (Phi) is 2.75. The number of nitrogens with zero attached hydrogens (tertiary/aromatic N) is 2. The van der Waals surface area contributed by atoms with Crippen molar-refractivity contribution >= 4 is 22.3 Å². The molecule has 4 heteroatoms. The highest BCUT2D eigenvalue weighted by molar-refractivity contribution is 5.90. The van der Waals surface area contributed by atoms with Crippen LogP contribution in [0.3, 0.4) is 0 Å². The summed E-state index contributed by atoms with van der Waals surface area (Å²) in [6.45, 7) is 0. The van der Waals surface area contributed by atoms with E-state index in [1.165, 1.54) is 0 Å². The smallest absolute Gasteiger partial charge is 0.113 e. The average Bonchev–Trinajstić information content (AvgIpc) is 2.84. The van der Waals surface area contributed by atoms with E-state index in [1.54, 1.807) is 0 Å². The Labute approximate surface area is 104 Å². The Hall–Kier alpha value is -2.62. The maximum Gasteiger partial charge on any atom is 0.113 e. The number of nitrogens with one attached hydrogen (secondary N) is 2. The molecule has 0 fully saturated rings. The van der Waals surface area contributed by atoms with Gasteiger partial charge in [-0.1, -0.05) is 41.6 Å². The first kappa shape index (κ1) is 10.5. The summed E-state index contributed by atoms with van der Waals surface area (Å²) in [5.74, 6) is 0. The standard InChI is InChI=1S/C14H12N4/c1-2-6-11(7-3-1)16-18-17-14-10-15-13-9-5-4-8-12(13)14/h1-10,15H,(H,16,17). The van der Waals surface area contributed by atoms with Gasteiger partial charge in [-0.3, -0.25) is 5.43 Å². The van der Waals surface area contributed by atoms with Crippen LogP contribution in [0.2, 0.25) is 0 Å². The van der Waals surface area contributed by atoms with Gasteiger partial charge in [0.15, 0.2) is 0 Å².